The predicted octanol–water partition coefficient (Wildman–Crippen LogP) is 8.62. The van der Waals surface area contributed by atoms with Crippen LogP contribution < -0.4 is 0 Å². The molecule has 0 atom stereocenters. The highest BCUT2D eigenvalue weighted by Crippen LogP contribution is 2.45. The molecule has 0 unspecified atom stereocenters. The van der Waals surface area contributed by atoms with E-state index in [0.29, 0.717) is 0 Å². The van der Waals surface area contributed by atoms with Crippen molar-refractivity contribution in [2.75, 3.05) is 0 Å². The highest BCUT2D eigenvalue weighted by molar-refractivity contribution is 8.00. The summed E-state index contributed by atoms with van der Waals surface area (Å²) in [5.74, 6) is 0.102. The van der Waals surface area contributed by atoms with E-state index in [1.54, 1.807) is 0 Å². The van der Waals surface area contributed by atoms with E-state index < -0.39 is 0 Å². The van der Waals surface area contributed by atoms with Crippen molar-refractivity contribution in [1.29, 1.82) is 0 Å². The highest BCUT2D eigenvalue weighted by atomic mass is 32.2. The first-order valence-corrected chi connectivity index (χ1v) is 11.0. The second-order valence-electron chi connectivity index (χ2n) is 7.90. The van der Waals surface area contributed by atoms with Crippen LogP contribution in [0.2, 0.25) is 0 Å². The SMILES string of the molecule is CCCCCC(C)(C)Sc1cc(-c2ccccc2)c([O])c(-c2ccccc2)c1. The minimum absolute atomic E-state index is 0.102. The summed E-state index contributed by atoms with van der Waals surface area (Å²) in [6.07, 6.45) is 4.93. The van der Waals surface area contributed by atoms with Gasteiger partial charge in [-0.2, -0.15) is 0 Å². The van der Waals surface area contributed by atoms with Crippen LogP contribution in [0.25, 0.3) is 22.3 Å². The lowest BCUT2D eigenvalue weighted by Gasteiger charge is -2.25. The normalized spacial score (nSPS) is 11.5. The van der Waals surface area contributed by atoms with Gasteiger partial charge in [-0.05, 0) is 29.7 Å². The Morgan fingerprint density at radius 1 is 0.786 bits per heavy atom. The Hall–Kier alpha value is -2.19. The van der Waals surface area contributed by atoms with Crippen molar-refractivity contribution < 1.29 is 5.11 Å². The van der Waals surface area contributed by atoms with Gasteiger partial charge in [0, 0.05) is 20.8 Å². The van der Waals surface area contributed by atoms with E-state index >= 15 is 0 Å². The van der Waals surface area contributed by atoms with Crippen LogP contribution in [0.5, 0.6) is 5.75 Å². The van der Waals surface area contributed by atoms with Gasteiger partial charge >= 0.3 is 0 Å². The van der Waals surface area contributed by atoms with Gasteiger partial charge in [-0.1, -0.05) is 101 Å². The van der Waals surface area contributed by atoms with Crippen LogP contribution in [0.1, 0.15) is 46.5 Å². The third-order valence-corrected chi connectivity index (χ3v) is 6.24. The first kappa shape index (κ1) is 20.5. The van der Waals surface area contributed by atoms with Crippen molar-refractivity contribution in [3.63, 3.8) is 0 Å². The van der Waals surface area contributed by atoms with Crippen molar-refractivity contribution >= 4 is 11.8 Å². The van der Waals surface area contributed by atoms with Gasteiger partial charge < -0.3 is 0 Å². The lowest BCUT2D eigenvalue weighted by atomic mass is 9.97. The quantitative estimate of drug-likeness (QED) is 0.279. The van der Waals surface area contributed by atoms with Gasteiger partial charge in [0.15, 0.2) is 5.75 Å². The zero-order valence-electron chi connectivity index (χ0n) is 17.1. The van der Waals surface area contributed by atoms with E-state index in [1.807, 2.05) is 72.4 Å². The number of hydrogen-bond donors (Lipinski definition) is 0. The minimum atomic E-state index is 0.102. The fourth-order valence-corrected chi connectivity index (χ4v) is 4.73. The second-order valence-corrected chi connectivity index (χ2v) is 9.68. The zero-order chi connectivity index (χ0) is 20.0. The molecule has 0 fully saturated rings. The predicted molar refractivity (Wildman–Crippen MR) is 122 cm³/mol. The van der Waals surface area contributed by atoms with Crippen molar-refractivity contribution in [1.82, 2.24) is 0 Å². The van der Waals surface area contributed by atoms with Crippen molar-refractivity contribution in [3.05, 3.63) is 72.8 Å². The molecule has 0 aromatic heterocycles. The Kier molecular flexibility index (Phi) is 6.85. The molecule has 2 heteroatoms. The van der Waals surface area contributed by atoms with Gasteiger partial charge in [-0.3, -0.25) is 5.11 Å². The van der Waals surface area contributed by atoms with Crippen LogP contribution in [0.3, 0.4) is 0 Å². The number of rotatable bonds is 8. The lowest BCUT2D eigenvalue weighted by molar-refractivity contribution is 0.358. The zero-order valence-corrected chi connectivity index (χ0v) is 17.9. The largest absolute Gasteiger partial charge is 0.289 e. The topological polar surface area (TPSA) is 19.9 Å². The van der Waals surface area contributed by atoms with E-state index in [4.69, 9.17) is 0 Å². The van der Waals surface area contributed by atoms with E-state index in [2.05, 4.69) is 32.9 Å². The van der Waals surface area contributed by atoms with Crippen LogP contribution in [0.4, 0.5) is 0 Å². The molecule has 0 spiro atoms. The summed E-state index contributed by atoms with van der Waals surface area (Å²) in [5.41, 5.74) is 3.54. The van der Waals surface area contributed by atoms with E-state index in [9.17, 15) is 5.11 Å². The first-order valence-electron chi connectivity index (χ1n) is 10.1. The average Bonchev–Trinajstić information content (AvgIpc) is 2.70. The molecule has 0 bridgehead atoms. The summed E-state index contributed by atoms with van der Waals surface area (Å²) in [4.78, 5) is 1.17. The summed E-state index contributed by atoms with van der Waals surface area (Å²) >= 11 is 1.88. The first-order chi connectivity index (χ1) is 13.5. The Labute approximate surface area is 173 Å². The molecule has 0 aliphatic heterocycles. The van der Waals surface area contributed by atoms with Crippen molar-refractivity contribution in [3.8, 4) is 28.0 Å². The van der Waals surface area contributed by atoms with Crippen LogP contribution >= 0.6 is 11.8 Å². The Bertz CT molecular complexity index is 824. The van der Waals surface area contributed by atoms with Crippen LogP contribution in [-0.4, -0.2) is 4.75 Å². The standard InChI is InChI=1S/C26H29OS/c1-4-5-12-17-26(2,3)28-22-18-23(20-13-8-6-9-14-20)25(27)24(19-22)21-15-10-7-11-16-21/h6-11,13-16,18-19H,4-5,12,17H2,1-3H3. The summed E-state index contributed by atoms with van der Waals surface area (Å²) in [6, 6.07) is 24.2. The molecule has 145 valence electrons. The minimum Gasteiger partial charge on any atom is -0.289 e. The summed E-state index contributed by atoms with van der Waals surface area (Å²) in [6.45, 7) is 6.86. The van der Waals surface area contributed by atoms with Crippen LogP contribution in [0, 0.1) is 0 Å². The lowest BCUT2D eigenvalue weighted by Crippen LogP contribution is -2.14. The molecular weight excluding hydrogens is 360 g/mol. The van der Waals surface area contributed by atoms with Gasteiger partial charge in [-0.25, -0.2) is 0 Å². The Morgan fingerprint density at radius 2 is 1.29 bits per heavy atom. The third-order valence-electron chi connectivity index (χ3n) is 5.01. The number of thioether (sulfide) groups is 1. The fraction of sp³-hybridized carbons (Fsp3) is 0.308. The van der Waals surface area contributed by atoms with Gasteiger partial charge in [-0.15, -0.1) is 11.8 Å². The maximum Gasteiger partial charge on any atom is 0.194 e. The van der Waals surface area contributed by atoms with E-state index in [0.717, 1.165) is 22.3 Å². The molecule has 1 radical (unpaired) electrons. The number of hydrogen-bond acceptors (Lipinski definition) is 1. The molecule has 1 nitrogen and oxygen atoms in total. The van der Waals surface area contributed by atoms with Gasteiger partial charge in [0.2, 0.25) is 0 Å². The van der Waals surface area contributed by atoms with E-state index in [-0.39, 0.29) is 10.5 Å². The van der Waals surface area contributed by atoms with Gasteiger partial charge in [0.25, 0.3) is 0 Å². The van der Waals surface area contributed by atoms with E-state index in [1.165, 1.54) is 30.6 Å². The molecule has 0 aliphatic carbocycles. The highest BCUT2D eigenvalue weighted by Gasteiger charge is 2.22. The van der Waals surface area contributed by atoms with Crippen molar-refractivity contribution in [2.45, 2.75) is 56.1 Å². The number of unbranched alkanes of at least 4 members (excludes halogenated alkanes) is 2. The summed E-state index contributed by atoms with van der Waals surface area (Å²) in [5, 5.41) is 13.3. The third kappa shape index (κ3) is 5.20. The molecular formula is C26H29OS. The Balaban J connectivity index is 2.03. The molecule has 0 saturated heterocycles. The van der Waals surface area contributed by atoms with Crippen molar-refractivity contribution in [2.24, 2.45) is 0 Å². The maximum atomic E-state index is 13.3. The monoisotopic (exact) mass is 389 g/mol. The van der Waals surface area contributed by atoms with Crippen LogP contribution in [0.15, 0.2) is 77.7 Å². The summed E-state index contributed by atoms with van der Waals surface area (Å²) < 4.78 is 0.140. The number of benzene rings is 3. The smallest absolute Gasteiger partial charge is 0.194 e. The molecule has 0 aliphatic rings. The van der Waals surface area contributed by atoms with Gasteiger partial charge in [0.05, 0.1) is 0 Å². The van der Waals surface area contributed by atoms with Gasteiger partial charge in [0.1, 0.15) is 0 Å². The molecule has 3 rings (SSSR count). The Morgan fingerprint density at radius 3 is 1.75 bits per heavy atom. The molecule has 28 heavy (non-hydrogen) atoms. The van der Waals surface area contributed by atoms with Crippen LogP contribution in [-0.2, 0) is 5.11 Å². The molecule has 0 saturated carbocycles. The second kappa shape index (κ2) is 9.34. The molecule has 0 N–H and O–H groups in total. The fourth-order valence-electron chi connectivity index (χ4n) is 3.50. The molecule has 3 aromatic rings. The molecule has 0 heterocycles. The molecule has 3 aromatic carbocycles. The molecule has 0 amide bonds. The summed E-state index contributed by atoms with van der Waals surface area (Å²) in [7, 11) is 0. The maximum absolute atomic E-state index is 13.3. The average molecular weight is 390 g/mol.